The van der Waals surface area contributed by atoms with Gasteiger partial charge in [0.1, 0.15) is 11.4 Å². The summed E-state index contributed by atoms with van der Waals surface area (Å²) in [6.07, 6.45) is 0.0750. The van der Waals surface area contributed by atoms with Crippen LogP contribution in [-0.4, -0.2) is 33.6 Å². The third kappa shape index (κ3) is 1.96. The number of carbonyl (C=O) groups is 3. The van der Waals surface area contributed by atoms with Gasteiger partial charge in [-0.3, -0.25) is 14.4 Å². The summed E-state index contributed by atoms with van der Waals surface area (Å²) < 4.78 is 6.92. The van der Waals surface area contributed by atoms with E-state index in [1.165, 1.54) is 6.92 Å². The van der Waals surface area contributed by atoms with Crippen molar-refractivity contribution in [3.05, 3.63) is 28.5 Å². The second-order valence-corrected chi connectivity index (χ2v) is 5.39. The lowest BCUT2D eigenvalue weighted by Gasteiger charge is -2.17. The van der Waals surface area contributed by atoms with Crippen LogP contribution >= 0.6 is 0 Å². The largest absolute Gasteiger partial charge is 0.454 e. The summed E-state index contributed by atoms with van der Waals surface area (Å²) in [6, 6.07) is 0. The number of hydrogen-bond donors (Lipinski definition) is 1. The minimum Gasteiger partial charge on any atom is -0.454 e. The molecule has 0 saturated heterocycles. The zero-order chi connectivity index (χ0) is 16.0. The van der Waals surface area contributed by atoms with Crippen molar-refractivity contribution in [3.63, 3.8) is 0 Å². The Balaban J connectivity index is 2.07. The zero-order valence-electron chi connectivity index (χ0n) is 12.7. The van der Waals surface area contributed by atoms with Crippen molar-refractivity contribution < 1.29 is 19.1 Å². The van der Waals surface area contributed by atoms with Crippen LogP contribution in [-0.2, 0) is 16.1 Å². The molecule has 2 aliphatic rings. The molecule has 0 aromatic carbocycles. The number of likely N-dealkylation sites (N-methyl/N-ethyl adjacent to an activating group) is 1. The van der Waals surface area contributed by atoms with E-state index >= 15 is 0 Å². The van der Waals surface area contributed by atoms with Gasteiger partial charge in [-0.25, -0.2) is 4.98 Å². The fourth-order valence-electron chi connectivity index (χ4n) is 2.99. The smallest absolute Gasteiger partial charge is 0.303 e. The van der Waals surface area contributed by atoms with Crippen molar-refractivity contribution in [2.45, 2.75) is 39.8 Å². The number of hydrogen-bond acceptors (Lipinski definition) is 6. The zero-order valence-corrected chi connectivity index (χ0v) is 12.7. The molecular weight excluding hydrogens is 286 g/mol. The second kappa shape index (κ2) is 5.08. The Bertz CT molecular complexity index is 729. The van der Waals surface area contributed by atoms with Crippen LogP contribution in [0, 0.1) is 0 Å². The van der Waals surface area contributed by atoms with Crippen LogP contribution in [0.15, 0.2) is 11.3 Å². The van der Waals surface area contributed by atoms with Gasteiger partial charge < -0.3 is 14.6 Å². The molecule has 3 rings (SSSR count). The minimum absolute atomic E-state index is 0.151. The molecule has 7 nitrogen and oxygen atoms in total. The van der Waals surface area contributed by atoms with E-state index in [9.17, 15) is 14.4 Å². The number of aromatic nitrogens is 2. The van der Waals surface area contributed by atoms with E-state index in [0.717, 1.165) is 0 Å². The Hall–Kier alpha value is -2.44. The van der Waals surface area contributed by atoms with Crippen LogP contribution in [0.5, 0.6) is 0 Å². The first-order valence-corrected chi connectivity index (χ1v) is 7.27. The number of ketones is 2. The molecule has 0 spiro atoms. The number of nitrogens with zero attached hydrogens (tertiary/aromatic N) is 2. The van der Waals surface area contributed by atoms with Gasteiger partial charge >= 0.3 is 5.97 Å². The summed E-state index contributed by atoms with van der Waals surface area (Å²) in [7, 11) is 0. The average molecular weight is 303 g/mol. The van der Waals surface area contributed by atoms with Crippen molar-refractivity contribution in [2.24, 2.45) is 0 Å². The van der Waals surface area contributed by atoms with Crippen molar-refractivity contribution >= 4 is 17.5 Å². The summed E-state index contributed by atoms with van der Waals surface area (Å²) in [6.45, 7) is 5.89. The molecule has 0 amide bonds. The van der Waals surface area contributed by atoms with Crippen LogP contribution in [0.3, 0.4) is 0 Å². The number of allylic oxidation sites excluding steroid dienone is 2. The van der Waals surface area contributed by atoms with E-state index in [1.54, 1.807) is 11.5 Å². The van der Waals surface area contributed by atoms with E-state index in [1.807, 2.05) is 6.92 Å². The predicted molar refractivity (Wildman–Crippen MR) is 76.4 cm³/mol. The average Bonchev–Trinajstić information content (AvgIpc) is 3.01. The number of rotatable bonds is 3. The first-order chi connectivity index (χ1) is 10.5. The van der Waals surface area contributed by atoms with Gasteiger partial charge in [0.25, 0.3) is 0 Å². The predicted octanol–water partition coefficient (Wildman–Crippen LogP) is 1.15. The summed E-state index contributed by atoms with van der Waals surface area (Å²) in [5.41, 5.74) is 1.17. The summed E-state index contributed by atoms with van der Waals surface area (Å²) in [4.78, 5) is 40.6. The summed E-state index contributed by atoms with van der Waals surface area (Å²) in [5.74, 6) is -0.405. The molecule has 2 heterocycles. The Morgan fingerprint density at radius 1 is 1.41 bits per heavy atom. The number of ether oxygens (including phenoxy) is 1. The van der Waals surface area contributed by atoms with E-state index in [2.05, 4.69) is 10.3 Å². The Labute approximate surface area is 127 Å². The maximum Gasteiger partial charge on any atom is 0.303 e. The fourth-order valence-corrected chi connectivity index (χ4v) is 2.99. The van der Waals surface area contributed by atoms with E-state index < -0.39 is 12.1 Å². The summed E-state index contributed by atoms with van der Waals surface area (Å²) >= 11 is 0. The van der Waals surface area contributed by atoms with Crippen molar-refractivity contribution in [1.82, 2.24) is 14.9 Å². The highest BCUT2D eigenvalue weighted by molar-refractivity contribution is 6.25. The Kier molecular flexibility index (Phi) is 3.35. The third-order valence-electron chi connectivity index (χ3n) is 3.93. The molecule has 1 atom stereocenters. The molecule has 0 bridgehead atoms. The molecule has 0 radical (unpaired) electrons. The van der Waals surface area contributed by atoms with Gasteiger partial charge in [-0.15, -0.1) is 0 Å². The first-order valence-electron chi connectivity index (χ1n) is 7.27. The molecule has 116 valence electrons. The fraction of sp³-hybridized carbons (Fsp3) is 0.467. The van der Waals surface area contributed by atoms with Crippen LogP contribution in [0.4, 0.5) is 0 Å². The Morgan fingerprint density at radius 3 is 2.77 bits per heavy atom. The normalized spacial score (nSPS) is 20.0. The van der Waals surface area contributed by atoms with Gasteiger partial charge in [-0.05, 0) is 13.8 Å². The van der Waals surface area contributed by atoms with Gasteiger partial charge in [0, 0.05) is 32.0 Å². The summed E-state index contributed by atoms with van der Waals surface area (Å²) in [5, 5.41) is 2.94. The van der Waals surface area contributed by atoms with Crippen LogP contribution in [0.1, 0.15) is 60.1 Å². The molecular formula is C15H17N3O4. The third-order valence-corrected chi connectivity index (χ3v) is 3.93. The highest BCUT2D eigenvalue weighted by Crippen LogP contribution is 2.35. The molecule has 1 aromatic rings. The maximum absolute atomic E-state index is 12.6. The topological polar surface area (TPSA) is 90.3 Å². The lowest BCUT2D eigenvalue weighted by molar-refractivity contribution is -0.146. The van der Waals surface area contributed by atoms with Crippen LogP contribution in [0.2, 0.25) is 0 Å². The number of nitrogens with one attached hydrogen (secondary N) is 1. The highest BCUT2D eigenvalue weighted by atomic mass is 16.5. The molecule has 1 unspecified atom stereocenters. The molecule has 7 heteroatoms. The molecule has 22 heavy (non-hydrogen) atoms. The van der Waals surface area contributed by atoms with Gasteiger partial charge in [0.2, 0.25) is 11.6 Å². The molecule has 0 fully saturated rings. The van der Waals surface area contributed by atoms with Crippen LogP contribution in [0.25, 0.3) is 0 Å². The van der Waals surface area contributed by atoms with Gasteiger partial charge in [-0.2, -0.15) is 0 Å². The van der Waals surface area contributed by atoms with Gasteiger partial charge in [0.05, 0.1) is 5.70 Å². The van der Waals surface area contributed by atoms with Gasteiger partial charge in [0.15, 0.2) is 11.9 Å². The molecule has 1 N–H and O–H groups in total. The number of carbonyl (C=O) groups excluding carboxylic acids is 3. The van der Waals surface area contributed by atoms with E-state index in [4.69, 9.17) is 4.74 Å². The minimum atomic E-state index is -0.494. The molecule has 0 saturated carbocycles. The van der Waals surface area contributed by atoms with Crippen molar-refractivity contribution in [2.75, 3.05) is 6.54 Å². The lowest BCUT2D eigenvalue weighted by Crippen LogP contribution is -2.30. The van der Waals surface area contributed by atoms with Crippen molar-refractivity contribution in [3.8, 4) is 0 Å². The second-order valence-electron chi connectivity index (χ2n) is 5.39. The van der Waals surface area contributed by atoms with Crippen LogP contribution < -0.4 is 5.32 Å². The number of esters is 1. The number of Topliss-reactive ketones (excluding diaryl/α,β-unsaturated/α-hetero) is 2. The maximum atomic E-state index is 12.6. The van der Waals surface area contributed by atoms with E-state index in [-0.39, 0.29) is 17.3 Å². The van der Waals surface area contributed by atoms with Gasteiger partial charge in [-0.1, -0.05) is 0 Å². The molecule has 1 aliphatic heterocycles. The van der Waals surface area contributed by atoms with E-state index in [0.29, 0.717) is 42.3 Å². The molecule has 1 aromatic heterocycles. The monoisotopic (exact) mass is 303 g/mol. The standard InChI is InChI=1S/C15H17N3O4/c1-4-16-10-7(2)13(20)12-11(14(10)21)17-15-9(22-8(3)19)5-6-18(12)15/h9,16H,4-6H2,1-3H3. The SMILES string of the molecule is CCNC1=C(C)C(=O)c2c(nc3n2CCC3OC(C)=O)C1=O. The Morgan fingerprint density at radius 2 is 2.14 bits per heavy atom. The molecule has 1 aliphatic carbocycles. The lowest BCUT2D eigenvalue weighted by atomic mass is 9.95. The quantitative estimate of drug-likeness (QED) is 0.843. The highest BCUT2D eigenvalue weighted by Gasteiger charge is 2.40. The number of imidazole rings is 1. The van der Waals surface area contributed by atoms with Crippen molar-refractivity contribution in [1.29, 1.82) is 0 Å². The number of fused-ring (bicyclic) bond motifs is 3. The first kappa shape index (κ1) is 14.5.